The highest BCUT2D eigenvalue weighted by Gasteiger charge is 2.40. The van der Waals surface area contributed by atoms with E-state index in [1.165, 1.54) is 4.90 Å². The molecule has 1 heterocycles. The van der Waals surface area contributed by atoms with Crippen LogP contribution in [0.4, 0.5) is 13.2 Å². The molecule has 0 bridgehead atoms. The first kappa shape index (κ1) is 14.8. The molecule has 3 nitrogen and oxygen atoms in total. The van der Waals surface area contributed by atoms with E-state index in [-0.39, 0.29) is 17.9 Å². The first-order valence-corrected chi connectivity index (χ1v) is 6.57. The fourth-order valence-corrected chi connectivity index (χ4v) is 2.89. The van der Waals surface area contributed by atoms with Gasteiger partial charge >= 0.3 is 0 Å². The summed E-state index contributed by atoms with van der Waals surface area (Å²) in [5.74, 6) is -3.99. The Hall–Kier alpha value is -1.56. The Morgan fingerprint density at radius 3 is 2.50 bits per heavy atom. The molecule has 1 aliphatic rings. The van der Waals surface area contributed by atoms with Crippen molar-refractivity contribution >= 4 is 5.91 Å². The third-order valence-electron chi connectivity index (χ3n) is 3.97. The van der Waals surface area contributed by atoms with Crippen LogP contribution in [-0.2, 0) is 4.79 Å². The number of hydrogen-bond acceptors (Lipinski definition) is 2. The third kappa shape index (κ3) is 2.28. The molecule has 0 saturated carbocycles. The Kier molecular flexibility index (Phi) is 4.04. The molecule has 1 saturated heterocycles. The van der Waals surface area contributed by atoms with Crippen LogP contribution in [0.15, 0.2) is 12.1 Å². The Morgan fingerprint density at radius 2 is 1.90 bits per heavy atom. The predicted octanol–water partition coefficient (Wildman–Crippen LogP) is 2.16. The Balaban J connectivity index is 2.47. The number of carbonyl (C=O) groups is 1. The lowest BCUT2D eigenvalue weighted by atomic mass is 9.81. The molecule has 2 rings (SSSR count). The average Bonchev–Trinajstić information content (AvgIpc) is 2.41. The van der Waals surface area contributed by atoms with Gasteiger partial charge in [-0.25, -0.2) is 13.2 Å². The summed E-state index contributed by atoms with van der Waals surface area (Å²) < 4.78 is 41.1. The quantitative estimate of drug-likeness (QED) is 0.847. The van der Waals surface area contributed by atoms with Gasteiger partial charge in [-0.15, -0.1) is 0 Å². The molecule has 1 fully saturated rings. The SMILES string of the molecule is CCN1C(=O)[C@@H](N)C[C@@H](c2c(F)ccc(F)c2F)[C@H]1C. The zero-order valence-electron chi connectivity index (χ0n) is 11.4. The molecular formula is C14H17F3N2O. The molecule has 0 unspecified atom stereocenters. The van der Waals surface area contributed by atoms with Gasteiger partial charge in [0.2, 0.25) is 5.91 Å². The Bertz CT molecular complexity index is 535. The first-order chi connectivity index (χ1) is 9.38. The fraction of sp³-hybridized carbons (Fsp3) is 0.500. The maximum absolute atomic E-state index is 13.9. The van der Waals surface area contributed by atoms with Crippen molar-refractivity contribution in [3.63, 3.8) is 0 Å². The second-order valence-corrected chi connectivity index (χ2v) is 5.07. The van der Waals surface area contributed by atoms with Crippen LogP contribution in [0.2, 0.25) is 0 Å². The summed E-state index contributed by atoms with van der Waals surface area (Å²) in [6, 6.07) is 0.402. The number of halogens is 3. The highest BCUT2D eigenvalue weighted by atomic mass is 19.2. The summed E-state index contributed by atoms with van der Waals surface area (Å²) in [5, 5.41) is 0. The molecule has 6 heteroatoms. The molecule has 0 aromatic heterocycles. The minimum atomic E-state index is -1.19. The molecule has 0 spiro atoms. The van der Waals surface area contributed by atoms with E-state index in [4.69, 9.17) is 5.73 Å². The maximum Gasteiger partial charge on any atom is 0.239 e. The van der Waals surface area contributed by atoms with Crippen LogP contribution in [0.5, 0.6) is 0 Å². The predicted molar refractivity (Wildman–Crippen MR) is 68.5 cm³/mol. The second kappa shape index (κ2) is 5.44. The van der Waals surface area contributed by atoms with E-state index in [9.17, 15) is 18.0 Å². The fourth-order valence-electron chi connectivity index (χ4n) is 2.89. The van der Waals surface area contributed by atoms with E-state index in [0.717, 1.165) is 12.1 Å². The number of amides is 1. The number of nitrogens with zero attached hydrogens (tertiary/aromatic N) is 1. The van der Waals surface area contributed by atoms with Crippen LogP contribution >= 0.6 is 0 Å². The van der Waals surface area contributed by atoms with Gasteiger partial charge in [0.25, 0.3) is 0 Å². The lowest BCUT2D eigenvalue weighted by Gasteiger charge is -2.41. The van der Waals surface area contributed by atoms with Crippen molar-refractivity contribution in [1.82, 2.24) is 4.90 Å². The highest BCUT2D eigenvalue weighted by molar-refractivity contribution is 5.83. The summed E-state index contributed by atoms with van der Waals surface area (Å²) in [6.07, 6.45) is 0.105. The summed E-state index contributed by atoms with van der Waals surface area (Å²) in [4.78, 5) is 13.4. The molecule has 3 atom stereocenters. The Morgan fingerprint density at radius 1 is 1.30 bits per heavy atom. The number of piperidine rings is 1. The van der Waals surface area contributed by atoms with Gasteiger partial charge in [0, 0.05) is 24.1 Å². The highest BCUT2D eigenvalue weighted by Crippen LogP contribution is 2.36. The summed E-state index contributed by atoms with van der Waals surface area (Å²) in [5.41, 5.74) is 5.42. The van der Waals surface area contributed by atoms with Crippen molar-refractivity contribution in [3.8, 4) is 0 Å². The number of benzene rings is 1. The van der Waals surface area contributed by atoms with Gasteiger partial charge in [0.15, 0.2) is 11.6 Å². The van der Waals surface area contributed by atoms with Crippen LogP contribution < -0.4 is 5.73 Å². The van der Waals surface area contributed by atoms with Gasteiger partial charge in [0.05, 0.1) is 6.04 Å². The monoisotopic (exact) mass is 286 g/mol. The number of hydrogen-bond donors (Lipinski definition) is 1. The molecule has 2 N–H and O–H groups in total. The normalized spacial score (nSPS) is 27.0. The molecule has 0 aliphatic carbocycles. The van der Waals surface area contributed by atoms with Gasteiger partial charge in [-0.1, -0.05) is 0 Å². The average molecular weight is 286 g/mol. The van der Waals surface area contributed by atoms with Crippen molar-refractivity contribution in [3.05, 3.63) is 35.1 Å². The van der Waals surface area contributed by atoms with E-state index in [1.807, 2.05) is 0 Å². The van der Waals surface area contributed by atoms with Gasteiger partial charge in [-0.3, -0.25) is 4.79 Å². The van der Waals surface area contributed by atoms with E-state index >= 15 is 0 Å². The number of likely N-dealkylation sites (tertiary alicyclic amines) is 1. The number of nitrogens with two attached hydrogens (primary N) is 1. The minimum Gasteiger partial charge on any atom is -0.338 e. The van der Waals surface area contributed by atoms with Crippen LogP contribution in [0, 0.1) is 17.5 Å². The van der Waals surface area contributed by atoms with Crippen LogP contribution in [0.25, 0.3) is 0 Å². The van der Waals surface area contributed by atoms with Gasteiger partial charge in [0.1, 0.15) is 5.82 Å². The smallest absolute Gasteiger partial charge is 0.239 e. The maximum atomic E-state index is 13.9. The van der Waals surface area contributed by atoms with E-state index in [2.05, 4.69) is 0 Å². The molecule has 110 valence electrons. The Labute approximate surface area is 115 Å². The van der Waals surface area contributed by atoms with Gasteiger partial charge in [-0.2, -0.15) is 0 Å². The largest absolute Gasteiger partial charge is 0.338 e. The van der Waals surface area contributed by atoms with Crippen molar-refractivity contribution < 1.29 is 18.0 Å². The molecule has 1 aromatic carbocycles. The summed E-state index contributed by atoms with van der Waals surface area (Å²) in [6.45, 7) is 3.85. The lowest BCUT2D eigenvalue weighted by molar-refractivity contribution is -0.138. The number of likely N-dealkylation sites (N-methyl/N-ethyl adjacent to an activating group) is 1. The number of rotatable bonds is 2. The topological polar surface area (TPSA) is 46.3 Å². The molecule has 20 heavy (non-hydrogen) atoms. The molecule has 1 aliphatic heterocycles. The number of carbonyl (C=O) groups excluding carboxylic acids is 1. The summed E-state index contributed by atoms with van der Waals surface area (Å²) in [7, 11) is 0. The lowest BCUT2D eigenvalue weighted by Crippen LogP contribution is -2.55. The standard InChI is InChI=1S/C14H17F3N2O/c1-3-19-7(2)8(6-11(18)14(19)20)12-9(15)4-5-10(16)13(12)17/h4-5,7-8,11H,3,6,18H2,1-2H3/t7-,8-,11+/m1/s1. The van der Waals surface area contributed by atoms with Gasteiger partial charge in [-0.05, 0) is 32.4 Å². The van der Waals surface area contributed by atoms with E-state index in [0.29, 0.717) is 6.54 Å². The molecule has 1 amide bonds. The van der Waals surface area contributed by atoms with Crippen molar-refractivity contribution in [1.29, 1.82) is 0 Å². The van der Waals surface area contributed by atoms with Crippen molar-refractivity contribution in [2.24, 2.45) is 5.73 Å². The first-order valence-electron chi connectivity index (χ1n) is 6.57. The van der Waals surface area contributed by atoms with Crippen LogP contribution in [-0.4, -0.2) is 29.4 Å². The molecule has 0 radical (unpaired) electrons. The summed E-state index contributed by atoms with van der Waals surface area (Å²) >= 11 is 0. The zero-order valence-corrected chi connectivity index (χ0v) is 11.4. The van der Waals surface area contributed by atoms with Crippen molar-refractivity contribution in [2.75, 3.05) is 6.54 Å². The van der Waals surface area contributed by atoms with Crippen molar-refractivity contribution in [2.45, 2.75) is 38.3 Å². The van der Waals surface area contributed by atoms with Crippen LogP contribution in [0.1, 0.15) is 31.7 Å². The van der Waals surface area contributed by atoms with E-state index in [1.54, 1.807) is 13.8 Å². The van der Waals surface area contributed by atoms with E-state index < -0.39 is 35.5 Å². The molecular weight excluding hydrogens is 269 g/mol. The third-order valence-corrected chi connectivity index (χ3v) is 3.97. The minimum absolute atomic E-state index is 0.105. The molecule has 1 aromatic rings. The van der Waals surface area contributed by atoms with Crippen LogP contribution in [0.3, 0.4) is 0 Å². The second-order valence-electron chi connectivity index (χ2n) is 5.07. The zero-order chi connectivity index (χ0) is 15.0. The van der Waals surface area contributed by atoms with Gasteiger partial charge < -0.3 is 10.6 Å².